The van der Waals surface area contributed by atoms with E-state index in [4.69, 9.17) is 0 Å². The van der Waals surface area contributed by atoms with Crippen molar-refractivity contribution in [1.29, 1.82) is 0 Å². The van der Waals surface area contributed by atoms with E-state index in [0.29, 0.717) is 22.3 Å². The van der Waals surface area contributed by atoms with Crippen LogP contribution < -0.4 is 0 Å². The van der Waals surface area contributed by atoms with Gasteiger partial charge in [0.25, 0.3) is 0 Å². The Kier molecular flexibility index (Phi) is 7.96. The molecule has 0 heterocycles. The second-order valence-electron chi connectivity index (χ2n) is 8.40. The van der Waals surface area contributed by atoms with Gasteiger partial charge >= 0.3 is 0 Å². The van der Waals surface area contributed by atoms with E-state index in [1.807, 2.05) is 72.8 Å². The van der Waals surface area contributed by atoms with Crippen molar-refractivity contribution < 1.29 is 46.6 Å². The Morgan fingerprint density at radius 1 is 0.324 bits per heavy atom. The summed E-state index contributed by atoms with van der Waals surface area (Å²) in [5.41, 5.74) is 2.64. The minimum atomic E-state index is 0. The molecule has 4 nitrogen and oxygen atoms in total. The molecule has 0 spiro atoms. The van der Waals surface area contributed by atoms with Gasteiger partial charge in [0.05, 0.1) is 0 Å². The van der Waals surface area contributed by atoms with E-state index in [9.17, 15) is 20.4 Å². The van der Waals surface area contributed by atoms with E-state index < -0.39 is 0 Å². The fraction of sp³-hybridized carbons (Fsp3) is 0. The summed E-state index contributed by atoms with van der Waals surface area (Å²) >= 11 is 0. The molecule has 6 rings (SSSR count). The van der Waals surface area contributed by atoms with Gasteiger partial charge in [-0.2, -0.15) is 0 Å². The Morgan fingerprint density at radius 3 is 1.08 bits per heavy atom. The van der Waals surface area contributed by atoms with Crippen LogP contribution in [0.1, 0.15) is 0 Å². The van der Waals surface area contributed by atoms with Gasteiger partial charge in [-0.3, -0.25) is 0 Å². The molecule has 0 saturated heterocycles. The van der Waals surface area contributed by atoms with Gasteiger partial charge in [-0.15, -0.1) is 0 Å². The minimum Gasteiger partial charge on any atom is -0.507 e. The second-order valence-corrected chi connectivity index (χ2v) is 8.40. The number of hydrogen-bond donors (Lipinski definition) is 4. The summed E-state index contributed by atoms with van der Waals surface area (Å²) in [4.78, 5) is 0. The maximum absolute atomic E-state index is 10.4. The minimum absolute atomic E-state index is 0. The fourth-order valence-electron chi connectivity index (χ4n) is 4.45. The summed E-state index contributed by atoms with van der Waals surface area (Å²) in [6, 6.07) is 36.7. The molecule has 0 bridgehead atoms. The zero-order chi connectivity index (χ0) is 25.1. The van der Waals surface area contributed by atoms with Crippen molar-refractivity contribution in [2.24, 2.45) is 0 Å². The summed E-state index contributed by atoms with van der Waals surface area (Å²) in [7, 11) is 0. The van der Waals surface area contributed by atoms with Crippen LogP contribution in [0.3, 0.4) is 0 Å². The van der Waals surface area contributed by atoms with Crippen molar-refractivity contribution in [1.82, 2.24) is 0 Å². The largest absolute Gasteiger partial charge is 0.507 e. The average molecular weight is 564 g/mol. The number of benzene rings is 6. The van der Waals surface area contributed by atoms with E-state index in [-0.39, 0.29) is 49.2 Å². The van der Waals surface area contributed by atoms with Gasteiger partial charge in [0, 0.05) is 48.5 Å². The molecule has 0 saturated carbocycles. The number of fused-ring (bicyclic) bond motifs is 2. The van der Waals surface area contributed by atoms with Gasteiger partial charge in [-0.05, 0) is 45.8 Å². The molecule has 6 aromatic carbocycles. The van der Waals surface area contributed by atoms with Crippen molar-refractivity contribution in [3.63, 3.8) is 0 Å². The quantitative estimate of drug-likeness (QED) is 0.173. The van der Waals surface area contributed by atoms with Crippen LogP contribution in [0.5, 0.6) is 23.0 Å². The normalized spacial score (nSPS) is 10.4. The number of para-hydroxylation sites is 2. The number of phenols is 4. The molecule has 0 unspecified atom stereocenters. The monoisotopic (exact) mass is 562 g/mol. The Morgan fingerprint density at radius 2 is 0.676 bits per heavy atom. The van der Waals surface area contributed by atoms with Crippen LogP contribution in [0.2, 0.25) is 0 Å². The van der Waals surface area contributed by atoms with Gasteiger partial charge in [0.1, 0.15) is 23.0 Å². The van der Waals surface area contributed by atoms with Gasteiger partial charge in [-0.1, -0.05) is 97.1 Å². The predicted molar refractivity (Wildman–Crippen MR) is 145 cm³/mol. The van der Waals surface area contributed by atoms with Gasteiger partial charge in [0.15, 0.2) is 0 Å². The first-order chi connectivity index (χ1) is 17.5. The van der Waals surface area contributed by atoms with Crippen LogP contribution in [0.25, 0.3) is 43.8 Å². The van der Waals surface area contributed by atoms with Crippen molar-refractivity contribution in [3.05, 3.63) is 121 Å². The average Bonchev–Trinajstić information content (AvgIpc) is 2.90. The van der Waals surface area contributed by atoms with E-state index >= 15 is 0 Å². The number of hydrogen-bond acceptors (Lipinski definition) is 4. The van der Waals surface area contributed by atoms with Crippen LogP contribution >= 0.6 is 0 Å². The smallest absolute Gasteiger partial charge is 0.124 e. The van der Waals surface area contributed by atoms with E-state index in [1.54, 1.807) is 48.5 Å². The Balaban J connectivity index is 0.000000186. The van der Waals surface area contributed by atoms with Crippen molar-refractivity contribution in [3.8, 4) is 45.3 Å². The molecule has 0 aliphatic heterocycles. The standard InChI is InChI=1S/C20H14O2.C12H10O2.Zr/c21-17-11-9-13-5-1-3-7-15(13)19(17)20-16-8-4-2-6-14(16)10-12-18(20)22;13-11-7-3-1-5-9(11)10-6-2-4-8-12(10)14;/h1-12,21-22H;1-8,13-14H;. The first-order valence-electron chi connectivity index (χ1n) is 11.5. The molecular formula is C32H24O4Zr. The molecule has 4 N–H and O–H groups in total. The van der Waals surface area contributed by atoms with Gasteiger partial charge in [0.2, 0.25) is 0 Å². The predicted octanol–water partition coefficient (Wildman–Crippen LogP) is 7.83. The van der Waals surface area contributed by atoms with Crippen molar-refractivity contribution in [2.45, 2.75) is 0 Å². The summed E-state index contributed by atoms with van der Waals surface area (Å²) in [6.45, 7) is 0. The van der Waals surface area contributed by atoms with E-state index in [1.165, 1.54) is 0 Å². The third-order valence-corrected chi connectivity index (χ3v) is 6.16. The fourth-order valence-corrected chi connectivity index (χ4v) is 4.45. The molecular weight excluding hydrogens is 540 g/mol. The molecule has 5 heteroatoms. The third-order valence-electron chi connectivity index (χ3n) is 6.16. The third kappa shape index (κ3) is 5.23. The second kappa shape index (κ2) is 11.3. The van der Waals surface area contributed by atoms with Gasteiger partial charge in [-0.25, -0.2) is 0 Å². The van der Waals surface area contributed by atoms with Crippen LogP contribution in [0.15, 0.2) is 121 Å². The van der Waals surface area contributed by atoms with Crippen molar-refractivity contribution in [2.75, 3.05) is 0 Å². The molecule has 180 valence electrons. The summed E-state index contributed by atoms with van der Waals surface area (Å²) in [5.74, 6) is 0.693. The number of rotatable bonds is 2. The van der Waals surface area contributed by atoms with Crippen LogP contribution in [-0.4, -0.2) is 20.4 Å². The van der Waals surface area contributed by atoms with E-state index in [2.05, 4.69) is 0 Å². The Hall–Kier alpha value is -4.08. The molecule has 0 fully saturated rings. The topological polar surface area (TPSA) is 80.9 Å². The Bertz CT molecular complexity index is 1570. The van der Waals surface area contributed by atoms with Crippen LogP contribution in [-0.2, 0) is 26.2 Å². The molecule has 6 aromatic rings. The zero-order valence-electron chi connectivity index (χ0n) is 19.8. The van der Waals surface area contributed by atoms with Crippen molar-refractivity contribution >= 4 is 21.5 Å². The number of phenolic OH excluding ortho intramolecular Hbond substituents is 4. The molecule has 0 aliphatic carbocycles. The summed E-state index contributed by atoms with van der Waals surface area (Å²) in [5, 5.41) is 43.9. The first-order valence-corrected chi connectivity index (χ1v) is 11.5. The summed E-state index contributed by atoms with van der Waals surface area (Å²) < 4.78 is 0. The van der Waals surface area contributed by atoms with Gasteiger partial charge < -0.3 is 20.4 Å². The van der Waals surface area contributed by atoms with Crippen LogP contribution in [0, 0.1) is 0 Å². The molecule has 0 aliphatic rings. The molecule has 37 heavy (non-hydrogen) atoms. The molecule has 0 radical (unpaired) electrons. The molecule has 0 aromatic heterocycles. The number of aromatic hydroxyl groups is 4. The first kappa shape index (κ1) is 26.0. The summed E-state index contributed by atoms with van der Waals surface area (Å²) in [6.07, 6.45) is 0. The Labute approximate surface area is 233 Å². The maximum Gasteiger partial charge on any atom is 0.124 e. The van der Waals surface area contributed by atoms with E-state index in [0.717, 1.165) is 21.5 Å². The SMILES string of the molecule is Oc1ccc2ccccc2c1-c1c(O)ccc2ccccc12.Oc1ccccc1-c1ccccc1O.[Zr]. The molecule has 0 atom stereocenters. The van der Waals surface area contributed by atoms with Crippen LogP contribution in [0.4, 0.5) is 0 Å². The molecule has 0 amide bonds. The maximum atomic E-state index is 10.4. The zero-order valence-corrected chi connectivity index (χ0v) is 22.3.